The molecule has 2 aliphatic heterocycles. The molecule has 3 amide bonds. The summed E-state index contributed by atoms with van der Waals surface area (Å²) in [5, 5.41) is 0. The van der Waals surface area contributed by atoms with Gasteiger partial charge >= 0.3 is 0 Å². The lowest BCUT2D eigenvalue weighted by Crippen LogP contribution is -2.34. The lowest BCUT2D eigenvalue weighted by molar-refractivity contribution is -0.200. The minimum Gasteiger partial charge on any atom is -0.350 e. The zero-order valence-corrected chi connectivity index (χ0v) is 15.2. The van der Waals surface area contributed by atoms with Gasteiger partial charge in [0.05, 0.1) is 11.1 Å². The van der Waals surface area contributed by atoms with Crippen LogP contribution in [0.25, 0.3) is 0 Å². The Morgan fingerprint density at radius 1 is 1.28 bits per heavy atom. The highest BCUT2D eigenvalue weighted by Crippen LogP contribution is 2.26. The third kappa shape index (κ3) is 4.26. The first-order valence-electron chi connectivity index (χ1n) is 8.28. The summed E-state index contributed by atoms with van der Waals surface area (Å²) in [4.78, 5) is 42.8. The second kappa shape index (κ2) is 8.07. The summed E-state index contributed by atoms with van der Waals surface area (Å²) in [6.45, 7) is 0.827. The summed E-state index contributed by atoms with van der Waals surface area (Å²) in [5.41, 5.74) is 3.16. The van der Waals surface area contributed by atoms with Crippen molar-refractivity contribution in [1.82, 2.24) is 10.4 Å². The smallest absolute Gasteiger partial charge is 0.261 e. The first-order valence-corrected chi connectivity index (χ1v) is 9.07. The molecular formula is C17H19BrN2O5. The number of benzene rings is 1. The molecule has 0 spiro atoms. The molecule has 3 rings (SSSR count). The number of nitrogens with one attached hydrogen (secondary N) is 1. The summed E-state index contributed by atoms with van der Waals surface area (Å²) in [6, 6.07) is 5.00. The number of ether oxygens (including phenoxy) is 1. The number of hydroxylamine groups is 1. The molecule has 0 aromatic heterocycles. The number of rotatable bonds is 6. The predicted molar refractivity (Wildman–Crippen MR) is 91.6 cm³/mol. The van der Waals surface area contributed by atoms with Crippen LogP contribution in [-0.4, -0.2) is 42.1 Å². The molecule has 1 aromatic rings. The highest BCUT2D eigenvalue weighted by Gasteiger charge is 2.35. The van der Waals surface area contributed by atoms with Gasteiger partial charge in [0.2, 0.25) is 5.91 Å². The molecule has 1 saturated heterocycles. The molecule has 134 valence electrons. The van der Waals surface area contributed by atoms with E-state index < -0.39 is 6.29 Å². The standard InChI is InChI=1S/C17H19BrN2O5/c18-11-6-7-12-13(10-11)17(23)20(16(12)22)8-3-4-14(21)19-25-15-5-1-2-9-24-15/h6-7,10,15H,1-5,8-9H2,(H,19,21). The van der Waals surface area contributed by atoms with E-state index >= 15 is 0 Å². The number of halogens is 1. The third-order valence-corrected chi connectivity index (χ3v) is 4.65. The van der Waals surface area contributed by atoms with E-state index in [9.17, 15) is 14.4 Å². The van der Waals surface area contributed by atoms with E-state index in [1.165, 1.54) is 4.90 Å². The van der Waals surface area contributed by atoms with Crippen molar-refractivity contribution < 1.29 is 24.0 Å². The van der Waals surface area contributed by atoms with Crippen LogP contribution in [0.1, 0.15) is 52.8 Å². The molecule has 1 atom stereocenters. The molecule has 7 nitrogen and oxygen atoms in total. The number of amides is 3. The monoisotopic (exact) mass is 410 g/mol. The van der Waals surface area contributed by atoms with Crippen molar-refractivity contribution in [3.05, 3.63) is 33.8 Å². The minimum absolute atomic E-state index is 0.157. The van der Waals surface area contributed by atoms with Crippen molar-refractivity contribution in [2.75, 3.05) is 13.2 Å². The quantitative estimate of drug-likeness (QED) is 0.574. The normalized spacial score (nSPS) is 19.9. The molecule has 2 heterocycles. The fourth-order valence-corrected chi connectivity index (χ4v) is 3.21. The van der Waals surface area contributed by atoms with E-state index in [0.717, 1.165) is 23.7 Å². The maximum atomic E-state index is 12.3. The zero-order chi connectivity index (χ0) is 17.8. The van der Waals surface area contributed by atoms with Gasteiger partial charge in [0.15, 0.2) is 6.29 Å². The highest BCUT2D eigenvalue weighted by molar-refractivity contribution is 9.10. The molecule has 25 heavy (non-hydrogen) atoms. The fourth-order valence-electron chi connectivity index (χ4n) is 2.85. The van der Waals surface area contributed by atoms with Crippen LogP contribution in [0.5, 0.6) is 0 Å². The molecule has 0 saturated carbocycles. The Hall–Kier alpha value is -1.77. The number of hydrogen-bond acceptors (Lipinski definition) is 5. The van der Waals surface area contributed by atoms with Crippen molar-refractivity contribution >= 4 is 33.7 Å². The average Bonchev–Trinajstić information content (AvgIpc) is 2.85. The number of imide groups is 1. The summed E-state index contributed by atoms with van der Waals surface area (Å²) < 4.78 is 6.10. The van der Waals surface area contributed by atoms with Crippen LogP contribution >= 0.6 is 15.9 Å². The first kappa shape index (κ1) is 18.0. The van der Waals surface area contributed by atoms with Crippen molar-refractivity contribution in [3.63, 3.8) is 0 Å². The van der Waals surface area contributed by atoms with Crippen molar-refractivity contribution in [1.29, 1.82) is 0 Å². The van der Waals surface area contributed by atoms with Crippen LogP contribution in [0, 0.1) is 0 Å². The van der Waals surface area contributed by atoms with Crippen LogP contribution in [0.4, 0.5) is 0 Å². The summed E-state index contributed by atoms with van der Waals surface area (Å²) >= 11 is 3.29. The van der Waals surface area contributed by atoms with E-state index in [4.69, 9.17) is 9.57 Å². The Labute approximate surface area is 153 Å². The molecule has 0 radical (unpaired) electrons. The molecule has 1 fully saturated rings. The van der Waals surface area contributed by atoms with Gasteiger partial charge in [0.1, 0.15) is 0 Å². The fraction of sp³-hybridized carbons (Fsp3) is 0.471. The Bertz CT molecular complexity index is 688. The SMILES string of the molecule is O=C(CCCN1C(=O)c2ccc(Br)cc2C1=O)NOC1CCCCO1. The Kier molecular flexibility index (Phi) is 5.82. The number of fused-ring (bicyclic) bond motifs is 1. The second-order valence-electron chi connectivity index (χ2n) is 5.99. The van der Waals surface area contributed by atoms with E-state index in [1.54, 1.807) is 18.2 Å². The summed E-state index contributed by atoms with van der Waals surface area (Å²) in [7, 11) is 0. The maximum Gasteiger partial charge on any atom is 0.261 e. The van der Waals surface area contributed by atoms with Gasteiger partial charge < -0.3 is 4.74 Å². The van der Waals surface area contributed by atoms with E-state index in [1.807, 2.05) is 0 Å². The zero-order valence-electron chi connectivity index (χ0n) is 13.6. The minimum atomic E-state index is -0.396. The second-order valence-corrected chi connectivity index (χ2v) is 6.91. The van der Waals surface area contributed by atoms with Crippen molar-refractivity contribution in [2.24, 2.45) is 0 Å². The maximum absolute atomic E-state index is 12.3. The van der Waals surface area contributed by atoms with Crippen LogP contribution < -0.4 is 5.48 Å². The average molecular weight is 411 g/mol. The van der Waals surface area contributed by atoms with E-state index in [-0.39, 0.29) is 30.7 Å². The molecule has 1 aromatic carbocycles. The Balaban J connectivity index is 1.44. The molecule has 1 N–H and O–H groups in total. The molecule has 1 unspecified atom stereocenters. The van der Waals surface area contributed by atoms with E-state index in [2.05, 4.69) is 21.4 Å². The number of carbonyl (C=O) groups is 3. The molecule has 8 heteroatoms. The summed E-state index contributed by atoms with van der Waals surface area (Å²) in [5.74, 6) is -0.943. The highest BCUT2D eigenvalue weighted by atomic mass is 79.9. The van der Waals surface area contributed by atoms with Gasteiger partial charge in [-0.3, -0.25) is 19.3 Å². The largest absolute Gasteiger partial charge is 0.350 e. The van der Waals surface area contributed by atoms with Gasteiger partial charge in [-0.25, -0.2) is 10.3 Å². The number of nitrogens with zero attached hydrogens (tertiary/aromatic N) is 1. The number of hydrogen-bond donors (Lipinski definition) is 1. The van der Waals surface area contributed by atoms with Crippen LogP contribution in [0.3, 0.4) is 0 Å². The summed E-state index contributed by atoms with van der Waals surface area (Å²) in [6.07, 6.45) is 2.90. The predicted octanol–water partition coefficient (Wildman–Crippen LogP) is 2.40. The topological polar surface area (TPSA) is 84.9 Å². The van der Waals surface area contributed by atoms with Gasteiger partial charge in [0.25, 0.3) is 11.8 Å². The molecule has 2 aliphatic rings. The van der Waals surface area contributed by atoms with Crippen LogP contribution in [0.2, 0.25) is 0 Å². The van der Waals surface area contributed by atoms with Gasteiger partial charge in [-0.15, -0.1) is 0 Å². The first-order chi connectivity index (χ1) is 12.1. The van der Waals surface area contributed by atoms with Crippen molar-refractivity contribution in [2.45, 2.75) is 38.4 Å². The Morgan fingerprint density at radius 2 is 2.08 bits per heavy atom. The van der Waals surface area contributed by atoms with Gasteiger partial charge in [-0.05, 0) is 37.5 Å². The van der Waals surface area contributed by atoms with Crippen LogP contribution in [-0.2, 0) is 14.4 Å². The lowest BCUT2D eigenvalue weighted by Gasteiger charge is -2.22. The Morgan fingerprint density at radius 3 is 2.84 bits per heavy atom. The molecular weight excluding hydrogens is 392 g/mol. The van der Waals surface area contributed by atoms with Gasteiger partial charge in [-0.2, -0.15) is 0 Å². The van der Waals surface area contributed by atoms with Gasteiger partial charge in [-0.1, -0.05) is 15.9 Å². The van der Waals surface area contributed by atoms with Gasteiger partial charge in [0, 0.05) is 30.5 Å². The van der Waals surface area contributed by atoms with Crippen molar-refractivity contribution in [3.8, 4) is 0 Å². The third-order valence-electron chi connectivity index (χ3n) is 4.16. The molecule has 0 aliphatic carbocycles. The lowest BCUT2D eigenvalue weighted by atomic mass is 10.1. The molecule has 0 bridgehead atoms. The van der Waals surface area contributed by atoms with E-state index in [0.29, 0.717) is 24.2 Å². The van der Waals surface area contributed by atoms with Crippen LogP contribution in [0.15, 0.2) is 22.7 Å². The number of carbonyl (C=O) groups excluding carboxylic acids is 3.